The van der Waals surface area contributed by atoms with Crippen molar-refractivity contribution in [3.8, 4) is 0 Å². The molecule has 5 nitrogen and oxygen atoms in total. The first-order valence-electron chi connectivity index (χ1n) is 9.42. The fourth-order valence-corrected chi connectivity index (χ4v) is 3.32. The van der Waals surface area contributed by atoms with Crippen LogP contribution in [0.4, 0.5) is 4.39 Å². The van der Waals surface area contributed by atoms with Crippen LogP contribution in [0.5, 0.6) is 0 Å². The van der Waals surface area contributed by atoms with Gasteiger partial charge in [-0.3, -0.25) is 9.89 Å². The fourth-order valence-electron chi connectivity index (χ4n) is 3.32. The number of nitrogens with one attached hydrogen (secondary N) is 2. The van der Waals surface area contributed by atoms with E-state index in [2.05, 4.69) is 34.4 Å². The van der Waals surface area contributed by atoms with Crippen molar-refractivity contribution in [1.82, 2.24) is 15.5 Å². The molecule has 1 aromatic rings. The molecule has 0 amide bonds. The SMILES string of the molecule is CN=C(NCc1ccc(F)c(COC)c1)NCC(C)(C)N1CCCCC1.I. The first kappa shape index (κ1) is 24.1. The summed E-state index contributed by atoms with van der Waals surface area (Å²) in [6, 6.07) is 5.10. The minimum atomic E-state index is -0.235. The Hall–Kier alpha value is -0.930. The zero-order valence-corrected chi connectivity index (χ0v) is 19.3. The van der Waals surface area contributed by atoms with Crippen LogP contribution in [0.1, 0.15) is 44.2 Å². The molecule has 1 saturated heterocycles. The van der Waals surface area contributed by atoms with E-state index in [1.807, 2.05) is 6.07 Å². The Morgan fingerprint density at radius 2 is 1.93 bits per heavy atom. The predicted molar refractivity (Wildman–Crippen MR) is 120 cm³/mol. The number of nitrogens with zero attached hydrogens (tertiary/aromatic N) is 2. The van der Waals surface area contributed by atoms with Gasteiger partial charge < -0.3 is 15.4 Å². The lowest BCUT2D eigenvalue weighted by atomic mass is 9.98. The zero-order valence-electron chi connectivity index (χ0n) is 17.0. The van der Waals surface area contributed by atoms with E-state index in [-0.39, 0.29) is 41.9 Å². The van der Waals surface area contributed by atoms with Gasteiger partial charge in [0, 0.05) is 38.3 Å². The third kappa shape index (κ3) is 7.54. The van der Waals surface area contributed by atoms with Gasteiger partial charge in [-0.05, 0) is 57.5 Å². The van der Waals surface area contributed by atoms with Crippen molar-refractivity contribution in [2.24, 2.45) is 4.99 Å². The highest BCUT2D eigenvalue weighted by Gasteiger charge is 2.27. The molecule has 1 heterocycles. The summed E-state index contributed by atoms with van der Waals surface area (Å²) in [7, 11) is 3.34. The minimum Gasteiger partial charge on any atom is -0.380 e. The van der Waals surface area contributed by atoms with Gasteiger partial charge in [-0.15, -0.1) is 24.0 Å². The summed E-state index contributed by atoms with van der Waals surface area (Å²) in [4.78, 5) is 6.85. The van der Waals surface area contributed by atoms with E-state index in [9.17, 15) is 4.39 Å². The van der Waals surface area contributed by atoms with Crippen molar-refractivity contribution in [2.45, 2.75) is 51.8 Å². The molecule has 0 unspecified atom stereocenters. The van der Waals surface area contributed by atoms with Crippen molar-refractivity contribution < 1.29 is 9.13 Å². The predicted octanol–water partition coefficient (Wildman–Crippen LogP) is 3.52. The van der Waals surface area contributed by atoms with E-state index in [0.29, 0.717) is 12.1 Å². The molecule has 0 aromatic heterocycles. The molecule has 154 valence electrons. The van der Waals surface area contributed by atoms with E-state index in [4.69, 9.17) is 4.74 Å². The van der Waals surface area contributed by atoms with Crippen LogP contribution in [-0.4, -0.2) is 50.2 Å². The summed E-state index contributed by atoms with van der Waals surface area (Å²) in [5.41, 5.74) is 1.65. The fraction of sp³-hybridized carbons (Fsp3) is 0.650. The number of hydrogen-bond donors (Lipinski definition) is 2. The monoisotopic (exact) mass is 492 g/mol. The molecule has 0 bridgehead atoms. The number of aliphatic imine (C=N–C) groups is 1. The number of benzene rings is 1. The molecule has 2 N–H and O–H groups in total. The van der Waals surface area contributed by atoms with Gasteiger partial charge in [-0.2, -0.15) is 0 Å². The number of halogens is 2. The lowest BCUT2D eigenvalue weighted by molar-refractivity contribution is 0.0982. The molecule has 0 aliphatic carbocycles. The van der Waals surface area contributed by atoms with E-state index in [1.54, 1.807) is 20.2 Å². The Balaban J connectivity index is 0.00000364. The first-order chi connectivity index (χ1) is 12.5. The lowest BCUT2D eigenvalue weighted by Gasteiger charge is -2.41. The quantitative estimate of drug-likeness (QED) is 0.348. The third-order valence-corrected chi connectivity index (χ3v) is 4.99. The molecule has 27 heavy (non-hydrogen) atoms. The summed E-state index contributed by atoms with van der Waals surface area (Å²) >= 11 is 0. The highest BCUT2D eigenvalue weighted by atomic mass is 127. The van der Waals surface area contributed by atoms with Crippen molar-refractivity contribution in [3.63, 3.8) is 0 Å². The Morgan fingerprint density at radius 3 is 2.56 bits per heavy atom. The number of hydrogen-bond acceptors (Lipinski definition) is 3. The smallest absolute Gasteiger partial charge is 0.191 e. The van der Waals surface area contributed by atoms with Crippen LogP contribution in [0.2, 0.25) is 0 Å². The second-order valence-electron chi connectivity index (χ2n) is 7.50. The molecule has 0 saturated carbocycles. The summed E-state index contributed by atoms with van der Waals surface area (Å²) < 4.78 is 18.8. The first-order valence-corrected chi connectivity index (χ1v) is 9.42. The molecule has 0 radical (unpaired) electrons. The van der Waals surface area contributed by atoms with Gasteiger partial charge in [0.05, 0.1) is 6.61 Å². The molecular formula is C20H34FIN4O. The van der Waals surface area contributed by atoms with Crippen molar-refractivity contribution >= 4 is 29.9 Å². The summed E-state index contributed by atoms with van der Waals surface area (Å²) in [6.07, 6.45) is 3.90. The number of methoxy groups -OCH3 is 1. The van der Waals surface area contributed by atoms with E-state index < -0.39 is 0 Å². The van der Waals surface area contributed by atoms with E-state index in [1.165, 1.54) is 38.4 Å². The van der Waals surface area contributed by atoms with E-state index >= 15 is 0 Å². The molecule has 0 atom stereocenters. The highest BCUT2D eigenvalue weighted by molar-refractivity contribution is 14.0. The zero-order chi connectivity index (χ0) is 19.0. The Labute approximate surface area is 180 Å². The van der Waals surface area contributed by atoms with Crippen LogP contribution >= 0.6 is 24.0 Å². The molecule has 1 aromatic carbocycles. The van der Waals surface area contributed by atoms with Crippen LogP contribution in [0.25, 0.3) is 0 Å². The Morgan fingerprint density at radius 1 is 1.22 bits per heavy atom. The lowest BCUT2D eigenvalue weighted by Crippen LogP contribution is -2.54. The van der Waals surface area contributed by atoms with Crippen LogP contribution in [0.15, 0.2) is 23.2 Å². The molecule has 1 fully saturated rings. The maximum atomic E-state index is 13.7. The molecular weight excluding hydrogens is 458 g/mol. The van der Waals surface area contributed by atoms with Gasteiger partial charge in [0.15, 0.2) is 5.96 Å². The van der Waals surface area contributed by atoms with Crippen LogP contribution in [0, 0.1) is 5.82 Å². The largest absolute Gasteiger partial charge is 0.380 e. The van der Waals surface area contributed by atoms with Gasteiger partial charge in [-0.1, -0.05) is 12.5 Å². The average Bonchev–Trinajstić information content (AvgIpc) is 2.65. The van der Waals surface area contributed by atoms with Crippen LogP contribution in [-0.2, 0) is 17.9 Å². The van der Waals surface area contributed by atoms with Crippen LogP contribution in [0.3, 0.4) is 0 Å². The third-order valence-electron chi connectivity index (χ3n) is 4.99. The van der Waals surface area contributed by atoms with E-state index in [0.717, 1.165) is 18.1 Å². The Kier molecular flexibility index (Phi) is 10.5. The second-order valence-corrected chi connectivity index (χ2v) is 7.50. The number of rotatable bonds is 7. The molecule has 1 aliphatic rings. The second kappa shape index (κ2) is 11.8. The van der Waals surface area contributed by atoms with Crippen LogP contribution < -0.4 is 10.6 Å². The summed E-state index contributed by atoms with van der Waals surface area (Å²) in [6.45, 7) is 8.56. The maximum Gasteiger partial charge on any atom is 0.191 e. The highest BCUT2D eigenvalue weighted by Crippen LogP contribution is 2.19. The van der Waals surface area contributed by atoms with Crippen molar-refractivity contribution in [1.29, 1.82) is 0 Å². The standard InChI is InChI=1S/C20H33FN4O.HI/c1-20(2,25-10-6-5-7-11-25)15-24-19(22-3)23-13-16-8-9-18(21)17(12-16)14-26-4;/h8-9,12H,5-7,10-11,13-15H2,1-4H3,(H2,22,23,24);1H. The van der Waals surface area contributed by atoms with Gasteiger partial charge in [-0.25, -0.2) is 4.39 Å². The van der Waals surface area contributed by atoms with Crippen molar-refractivity contribution in [2.75, 3.05) is 33.8 Å². The molecule has 1 aliphatic heterocycles. The van der Waals surface area contributed by atoms with Gasteiger partial charge in [0.2, 0.25) is 0 Å². The minimum absolute atomic E-state index is 0. The van der Waals surface area contributed by atoms with Gasteiger partial charge >= 0.3 is 0 Å². The summed E-state index contributed by atoms with van der Waals surface area (Å²) in [5, 5.41) is 6.73. The molecule has 2 rings (SSSR count). The van der Waals surface area contributed by atoms with Crippen molar-refractivity contribution in [3.05, 3.63) is 35.1 Å². The molecule has 0 spiro atoms. The van der Waals surface area contributed by atoms with Gasteiger partial charge in [0.25, 0.3) is 0 Å². The normalized spacial score (nSPS) is 16.0. The molecule has 7 heteroatoms. The number of guanidine groups is 1. The number of piperidine rings is 1. The number of likely N-dealkylation sites (tertiary alicyclic amines) is 1. The summed E-state index contributed by atoms with van der Waals surface area (Å²) in [5.74, 6) is 0.522. The topological polar surface area (TPSA) is 48.9 Å². The Bertz CT molecular complexity index is 604. The number of ether oxygens (including phenoxy) is 1. The van der Waals surface area contributed by atoms with Gasteiger partial charge in [0.1, 0.15) is 5.82 Å². The maximum absolute atomic E-state index is 13.7. The average molecular weight is 492 g/mol.